The largest absolute Gasteiger partial charge is 0.380 e. The molecule has 1 aromatic carbocycles. The lowest BCUT2D eigenvalue weighted by atomic mass is 9.87. The molecule has 1 aliphatic rings. The van der Waals surface area contributed by atoms with Gasteiger partial charge in [0.25, 0.3) is 0 Å². The minimum Gasteiger partial charge on any atom is -0.380 e. The monoisotopic (exact) mass is 310 g/mol. The molecular formula is C15H22N2O3S. The van der Waals surface area contributed by atoms with E-state index in [0.29, 0.717) is 17.8 Å². The van der Waals surface area contributed by atoms with Crippen molar-refractivity contribution >= 4 is 27.1 Å². The number of rotatable bonds is 2. The fourth-order valence-corrected chi connectivity index (χ4v) is 3.49. The number of fused-ring (bicyclic) bond motifs is 1. The Hall–Kier alpha value is -1.56. The van der Waals surface area contributed by atoms with Crippen LogP contribution in [0.3, 0.4) is 0 Å². The zero-order chi connectivity index (χ0) is 15.8. The van der Waals surface area contributed by atoms with E-state index in [0.717, 1.165) is 12.7 Å². The Morgan fingerprint density at radius 1 is 1.29 bits per heavy atom. The van der Waals surface area contributed by atoms with E-state index in [2.05, 4.69) is 31.4 Å². The summed E-state index contributed by atoms with van der Waals surface area (Å²) in [6.45, 7) is 6.35. The molecule has 116 valence electrons. The highest BCUT2D eigenvalue weighted by molar-refractivity contribution is 7.90. The van der Waals surface area contributed by atoms with Crippen molar-refractivity contribution in [3.05, 3.63) is 18.2 Å². The first-order valence-corrected chi connectivity index (χ1v) is 8.85. The summed E-state index contributed by atoms with van der Waals surface area (Å²) in [6.07, 6.45) is 2.30. The number of nitrogens with one attached hydrogen (secondary N) is 2. The zero-order valence-corrected chi connectivity index (χ0v) is 13.7. The molecule has 0 spiro atoms. The fraction of sp³-hybridized carbons (Fsp3) is 0.533. The first kappa shape index (κ1) is 15.8. The molecule has 6 heteroatoms. The van der Waals surface area contributed by atoms with Crippen LogP contribution in [-0.4, -0.2) is 26.6 Å². The van der Waals surface area contributed by atoms with Crippen molar-refractivity contribution in [2.24, 2.45) is 5.41 Å². The minimum absolute atomic E-state index is 0.0129. The second kappa shape index (κ2) is 5.33. The maximum Gasteiger partial charge on any atom is 0.226 e. The van der Waals surface area contributed by atoms with E-state index in [1.165, 1.54) is 6.07 Å². The third kappa shape index (κ3) is 3.97. The van der Waals surface area contributed by atoms with E-state index >= 15 is 0 Å². The lowest BCUT2D eigenvalue weighted by Crippen LogP contribution is -2.27. The Labute approximate surface area is 126 Å². The Kier molecular flexibility index (Phi) is 4.02. The van der Waals surface area contributed by atoms with E-state index in [4.69, 9.17) is 0 Å². The number of carbonyl (C=O) groups excluding carboxylic acids is 1. The van der Waals surface area contributed by atoms with Gasteiger partial charge in [-0.15, -0.1) is 0 Å². The van der Waals surface area contributed by atoms with Gasteiger partial charge >= 0.3 is 0 Å². The fourth-order valence-electron chi connectivity index (χ4n) is 2.64. The van der Waals surface area contributed by atoms with Gasteiger partial charge in [-0.3, -0.25) is 4.79 Å². The van der Waals surface area contributed by atoms with E-state index in [1.807, 2.05) is 0 Å². The molecule has 2 N–H and O–H groups in total. The highest BCUT2D eigenvalue weighted by atomic mass is 32.2. The molecule has 0 bridgehead atoms. The molecule has 5 nitrogen and oxygen atoms in total. The molecule has 0 aromatic heterocycles. The van der Waals surface area contributed by atoms with Gasteiger partial charge in [-0.25, -0.2) is 8.42 Å². The Balaban J connectivity index is 2.43. The zero-order valence-electron chi connectivity index (χ0n) is 12.9. The maximum absolute atomic E-state index is 12.1. The molecule has 21 heavy (non-hydrogen) atoms. The topological polar surface area (TPSA) is 75.3 Å². The molecule has 1 atom stereocenters. The van der Waals surface area contributed by atoms with Gasteiger partial charge in [-0.05, 0) is 24.0 Å². The minimum atomic E-state index is -3.39. The molecule has 1 heterocycles. The molecule has 0 saturated heterocycles. The van der Waals surface area contributed by atoms with Crippen LogP contribution in [0, 0.1) is 5.41 Å². The molecular weight excluding hydrogens is 288 g/mol. The van der Waals surface area contributed by atoms with Crippen LogP contribution in [-0.2, 0) is 14.6 Å². The molecule has 0 fully saturated rings. The second-order valence-corrected chi connectivity index (χ2v) is 8.79. The van der Waals surface area contributed by atoms with Crippen LogP contribution in [0.15, 0.2) is 23.1 Å². The quantitative estimate of drug-likeness (QED) is 0.880. The molecule has 0 radical (unpaired) electrons. The highest BCUT2D eigenvalue weighted by Crippen LogP contribution is 2.34. The van der Waals surface area contributed by atoms with Gasteiger partial charge in [0.2, 0.25) is 5.91 Å². The summed E-state index contributed by atoms with van der Waals surface area (Å²) in [5, 5.41) is 6.04. The molecule has 1 amide bonds. The molecule has 0 aliphatic carbocycles. The first-order chi connectivity index (χ1) is 9.56. The van der Waals surface area contributed by atoms with E-state index in [-0.39, 0.29) is 22.3 Å². The summed E-state index contributed by atoms with van der Waals surface area (Å²) in [6, 6.07) is 4.99. The van der Waals surface area contributed by atoms with E-state index < -0.39 is 9.84 Å². The predicted octanol–water partition coefficient (Wildman–Crippen LogP) is 2.65. The van der Waals surface area contributed by atoms with Crippen LogP contribution < -0.4 is 10.6 Å². The summed E-state index contributed by atoms with van der Waals surface area (Å²) >= 11 is 0. The normalized spacial score (nSPS) is 19.2. The predicted molar refractivity (Wildman–Crippen MR) is 84.3 cm³/mol. The number of sulfone groups is 1. The van der Waals surface area contributed by atoms with Gasteiger partial charge in [-0.2, -0.15) is 0 Å². The summed E-state index contributed by atoms with van der Waals surface area (Å²) in [4.78, 5) is 12.2. The molecule has 1 aromatic rings. The SMILES string of the molecule is CC(C)(C)CC1CC(=O)Nc2c(cccc2S(C)(=O)=O)N1. The Morgan fingerprint density at radius 3 is 2.52 bits per heavy atom. The van der Waals surface area contributed by atoms with Gasteiger partial charge in [-0.1, -0.05) is 26.8 Å². The van der Waals surface area contributed by atoms with Gasteiger partial charge < -0.3 is 10.6 Å². The smallest absolute Gasteiger partial charge is 0.226 e. The van der Waals surface area contributed by atoms with Gasteiger partial charge in [0, 0.05) is 18.7 Å². The van der Waals surface area contributed by atoms with Crippen LogP contribution in [0.1, 0.15) is 33.6 Å². The number of hydrogen-bond donors (Lipinski definition) is 2. The average Bonchev–Trinajstić information content (AvgIpc) is 2.41. The molecule has 1 aliphatic heterocycles. The number of hydrogen-bond acceptors (Lipinski definition) is 4. The van der Waals surface area contributed by atoms with Crippen LogP contribution >= 0.6 is 0 Å². The summed E-state index contributed by atoms with van der Waals surface area (Å²) in [5.41, 5.74) is 1.11. The summed E-state index contributed by atoms with van der Waals surface area (Å²) < 4.78 is 23.7. The number of benzene rings is 1. The van der Waals surface area contributed by atoms with Crippen molar-refractivity contribution < 1.29 is 13.2 Å². The van der Waals surface area contributed by atoms with Gasteiger partial charge in [0.05, 0.1) is 16.3 Å². The molecule has 2 rings (SSSR count). The maximum atomic E-state index is 12.1. The number of para-hydroxylation sites is 1. The number of anilines is 2. The first-order valence-electron chi connectivity index (χ1n) is 6.96. The number of carbonyl (C=O) groups is 1. The van der Waals surface area contributed by atoms with Crippen LogP contribution in [0.4, 0.5) is 11.4 Å². The van der Waals surface area contributed by atoms with Crippen molar-refractivity contribution in [1.29, 1.82) is 0 Å². The van der Waals surface area contributed by atoms with Crippen molar-refractivity contribution in [3.63, 3.8) is 0 Å². The Morgan fingerprint density at radius 2 is 1.95 bits per heavy atom. The van der Waals surface area contributed by atoms with Crippen molar-refractivity contribution in [2.75, 3.05) is 16.9 Å². The van der Waals surface area contributed by atoms with E-state index in [9.17, 15) is 13.2 Å². The van der Waals surface area contributed by atoms with E-state index in [1.54, 1.807) is 12.1 Å². The van der Waals surface area contributed by atoms with Crippen molar-refractivity contribution in [1.82, 2.24) is 0 Å². The third-order valence-electron chi connectivity index (χ3n) is 3.34. The molecule has 0 saturated carbocycles. The van der Waals surface area contributed by atoms with Gasteiger partial charge in [0.15, 0.2) is 9.84 Å². The lowest BCUT2D eigenvalue weighted by molar-refractivity contribution is -0.116. The van der Waals surface area contributed by atoms with Gasteiger partial charge in [0.1, 0.15) is 0 Å². The van der Waals surface area contributed by atoms with Crippen LogP contribution in [0.25, 0.3) is 0 Å². The summed E-state index contributed by atoms with van der Waals surface area (Å²) in [5.74, 6) is -0.161. The molecule has 1 unspecified atom stereocenters. The highest BCUT2D eigenvalue weighted by Gasteiger charge is 2.27. The lowest BCUT2D eigenvalue weighted by Gasteiger charge is -2.26. The van der Waals surface area contributed by atoms with Crippen molar-refractivity contribution in [2.45, 2.75) is 44.6 Å². The third-order valence-corrected chi connectivity index (χ3v) is 4.48. The second-order valence-electron chi connectivity index (χ2n) is 6.81. The van der Waals surface area contributed by atoms with Crippen LogP contribution in [0.5, 0.6) is 0 Å². The number of amides is 1. The standard InChI is InChI=1S/C15H22N2O3S/c1-15(2,3)9-10-8-13(18)17-14-11(16-10)6-5-7-12(14)21(4,19)20/h5-7,10,16H,8-9H2,1-4H3,(H,17,18). The van der Waals surface area contributed by atoms with Crippen molar-refractivity contribution in [3.8, 4) is 0 Å². The van der Waals surface area contributed by atoms with Crippen LogP contribution in [0.2, 0.25) is 0 Å². The Bertz CT molecular complexity index is 660. The average molecular weight is 310 g/mol. The summed E-state index contributed by atoms with van der Waals surface area (Å²) in [7, 11) is -3.39.